The van der Waals surface area contributed by atoms with Gasteiger partial charge in [0.2, 0.25) is 0 Å². The van der Waals surface area contributed by atoms with Crippen LogP contribution in [-0.4, -0.2) is 28.5 Å². The molecule has 0 amide bonds. The van der Waals surface area contributed by atoms with Crippen molar-refractivity contribution in [3.63, 3.8) is 0 Å². The number of hydrogen-bond donors (Lipinski definition) is 0. The molecule has 10 heteroatoms. The van der Waals surface area contributed by atoms with Gasteiger partial charge in [-0.2, -0.15) is 0 Å². The molecule has 114 valence electrons. The van der Waals surface area contributed by atoms with Gasteiger partial charge in [-0.3, -0.25) is 27.9 Å². The molecule has 0 saturated heterocycles. The van der Waals surface area contributed by atoms with Crippen LogP contribution in [0.5, 0.6) is 0 Å². The topological polar surface area (TPSA) is 114 Å². The van der Waals surface area contributed by atoms with Gasteiger partial charge in [0, 0.05) is 28.2 Å². The van der Waals surface area contributed by atoms with E-state index in [9.17, 15) is 19.2 Å². The Labute approximate surface area is 121 Å². The lowest BCUT2D eigenvalue weighted by Gasteiger charge is -2.10. The molecule has 0 bridgehead atoms. The standard InChI is InChI=1S/C12H12N6O4/c1-15-7-5(9(19)17(3)11(15)21)6-8(14-13-7)16(2)12(22)18(4)10(6)20/h1-4H3. The first-order valence-corrected chi connectivity index (χ1v) is 6.29. The Kier molecular flexibility index (Phi) is 2.67. The van der Waals surface area contributed by atoms with Crippen LogP contribution in [0.25, 0.3) is 22.1 Å². The van der Waals surface area contributed by atoms with E-state index in [0.29, 0.717) is 0 Å². The molecule has 0 aromatic carbocycles. The molecule has 0 fully saturated rings. The zero-order valence-corrected chi connectivity index (χ0v) is 12.3. The van der Waals surface area contributed by atoms with Crippen molar-refractivity contribution in [3.05, 3.63) is 41.7 Å². The van der Waals surface area contributed by atoms with Crippen LogP contribution in [0.3, 0.4) is 0 Å². The van der Waals surface area contributed by atoms with Gasteiger partial charge in [0.1, 0.15) is 10.8 Å². The van der Waals surface area contributed by atoms with E-state index in [1.54, 1.807) is 0 Å². The Balaban J connectivity index is 2.89. The number of fused-ring (bicyclic) bond motifs is 3. The number of aromatic nitrogens is 6. The minimum Gasteiger partial charge on any atom is -0.279 e. The number of aryl methyl sites for hydroxylation is 2. The third kappa shape index (κ3) is 1.48. The molecule has 0 radical (unpaired) electrons. The van der Waals surface area contributed by atoms with E-state index in [-0.39, 0.29) is 22.1 Å². The maximum Gasteiger partial charge on any atom is 0.332 e. The van der Waals surface area contributed by atoms with Crippen molar-refractivity contribution in [2.24, 2.45) is 28.2 Å². The zero-order chi connectivity index (χ0) is 16.3. The molecule has 0 aliphatic carbocycles. The fourth-order valence-corrected chi connectivity index (χ4v) is 2.43. The van der Waals surface area contributed by atoms with Crippen LogP contribution in [0.1, 0.15) is 0 Å². The summed E-state index contributed by atoms with van der Waals surface area (Å²) in [6.45, 7) is 0. The lowest BCUT2D eigenvalue weighted by molar-refractivity contribution is 0.690. The number of hydrogen-bond acceptors (Lipinski definition) is 6. The van der Waals surface area contributed by atoms with Gasteiger partial charge in [-0.15, -0.1) is 10.2 Å². The van der Waals surface area contributed by atoms with Crippen molar-refractivity contribution >= 4 is 22.1 Å². The molecule has 0 atom stereocenters. The Bertz CT molecular complexity index is 1100. The second-order valence-electron chi connectivity index (χ2n) is 5.01. The van der Waals surface area contributed by atoms with E-state index in [4.69, 9.17) is 0 Å². The van der Waals surface area contributed by atoms with E-state index in [1.807, 2.05) is 0 Å². The maximum absolute atomic E-state index is 12.4. The summed E-state index contributed by atoms with van der Waals surface area (Å²) in [4.78, 5) is 48.7. The van der Waals surface area contributed by atoms with Crippen LogP contribution in [0.4, 0.5) is 0 Å². The summed E-state index contributed by atoms with van der Waals surface area (Å²) in [6.07, 6.45) is 0. The van der Waals surface area contributed by atoms with Crippen LogP contribution in [-0.2, 0) is 28.2 Å². The predicted octanol–water partition coefficient (Wildman–Crippen LogP) is -2.42. The lowest BCUT2D eigenvalue weighted by atomic mass is 10.2. The van der Waals surface area contributed by atoms with Crippen LogP contribution < -0.4 is 22.5 Å². The highest BCUT2D eigenvalue weighted by Gasteiger charge is 2.19. The third-order valence-corrected chi connectivity index (χ3v) is 3.76. The molecule has 3 heterocycles. The second kappa shape index (κ2) is 4.23. The largest absolute Gasteiger partial charge is 0.332 e. The zero-order valence-electron chi connectivity index (χ0n) is 12.3. The molecule has 3 aromatic heterocycles. The van der Waals surface area contributed by atoms with Crippen molar-refractivity contribution in [1.29, 1.82) is 0 Å². The molecular formula is C12H12N6O4. The molecule has 3 aromatic rings. The highest BCUT2D eigenvalue weighted by Crippen LogP contribution is 2.12. The van der Waals surface area contributed by atoms with Gasteiger partial charge in [-0.05, 0) is 0 Å². The monoisotopic (exact) mass is 304 g/mol. The van der Waals surface area contributed by atoms with Crippen LogP contribution in [0, 0.1) is 0 Å². The quantitative estimate of drug-likeness (QED) is 0.427. The molecule has 10 nitrogen and oxygen atoms in total. The number of rotatable bonds is 0. The second-order valence-corrected chi connectivity index (χ2v) is 5.01. The molecule has 0 saturated carbocycles. The first-order valence-electron chi connectivity index (χ1n) is 6.29. The van der Waals surface area contributed by atoms with Crippen LogP contribution >= 0.6 is 0 Å². The van der Waals surface area contributed by atoms with Gasteiger partial charge < -0.3 is 0 Å². The summed E-state index contributed by atoms with van der Waals surface area (Å²) in [6, 6.07) is 0. The fraction of sp³-hybridized carbons (Fsp3) is 0.333. The minimum absolute atomic E-state index is 0.00338. The Morgan fingerprint density at radius 2 is 0.909 bits per heavy atom. The average molecular weight is 304 g/mol. The molecular weight excluding hydrogens is 292 g/mol. The van der Waals surface area contributed by atoms with E-state index >= 15 is 0 Å². The maximum atomic E-state index is 12.4. The van der Waals surface area contributed by atoms with E-state index < -0.39 is 22.5 Å². The van der Waals surface area contributed by atoms with Crippen molar-refractivity contribution in [3.8, 4) is 0 Å². The molecule has 0 unspecified atom stereocenters. The van der Waals surface area contributed by atoms with E-state index in [0.717, 1.165) is 18.3 Å². The smallest absolute Gasteiger partial charge is 0.279 e. The molecule has 0 spiro atoms. The van der Waals surface area contributed by atoms with Gasteiger partial charge in [-0.25, -0.2) is 9.59 Å². The van der Waals surface area contributed by atoms with E-state index in [2.05, 4.69) is 10.2 Å². The van der Waals surface area contributed by atoms with Crippen LogP contribution in [0.2, 0.25) is 0 Å². The van der Waals surface area contributed by atoms with Gasteiger partial charge in [-0.1, -0.05) is 0 Å². The summed E-state index contributed by atoms with van der Waals surface area (Å²) < 4.78 is 4.03. The summed E-state index contributed by atoms with van der Waals surface area (Å²) in [7, 11) is 5.47. The highest BCUT2D eigenvalue weighted by atomic mass is 16.2. The first kappa shape index (κ1) is 13.9. The normalized spacial score (nSPS) is 11.5. The summed E-state index contributed by atoms with van der Waals surface area (Å²) in [5, 5.41) is 7.60. The highest BCUT2D eigenvalue weighted by molar-refractivity contribution is 5.99. The van der Waals surface area contributed by atoms with Crippen LogP contribution in [0.15, 0.2) is 19.2 Å². The lowest BCUT2D eigenvalue weighted by Crippen LogP contribution is -2.41. The molecule has 22 heavy (non-hydrogen) atoms. The van der Waals surface area contributed by atoms with Gasteiger partial charge >= 0.3 is 11.4 Å². The SMILES string of the molecule is Cn1c(=O)c2c3c(=O)n(C)c(=O)n(C)c3nnc2n(C)c1=O. The van der Waals surface area contributed by atoms with Gasteiger partial charge in [0.05, 0.1) is 0 Å². The number of nitrogens with zero attached hydrogens (tertiary/aromatic N) is 6. The Morgan fingerprint density at radius 3 is 1.23 bits per heavy atom. The van der Waals surface area contributed by atoms with E-state index in [1.165, 1.54) is 28.2 Å². The Morgan fingerprint density at radius 1 is 0.591 bits per heavy atom. The molecule has 0 aliphatic heterocycles. The molecule has 0 aliphatic rings. The van der Waals surface area contributed by atoms with Crippen molar-refractivity contribution in [2.75, 3.05) is 0 Å². The van der Waals surface area contributed by atoms with Gasteiger partial charge in [0.25, 0.3) is 11.1 Å². The van der Waals surface area contributed by atoms with Crippen molar-refractivity contribution < 1.29 is 0 Å². The summed E-state index contributed by atoms with van der Waals surface area (Å²) in [5.74, 6) is 0. The van der Waals surface area contributed by atoms with Crippen molar-refractivity contribution in [1.82, 2.24) is 28.5 Å². The molecule has 3 rings (SSSR count). The summed E-state index contributed by atoms with van der Waals surface area (Å²) in [5.41, 5.74) is -2.48. The first-order chi connectivity index (χ1) is 10.3. The minimum atomic E-state index is -0.659. The fourth-order valence-electron chi connectivity index (χ4n) is 2.43. The predicted molar refractivity (Wildman–Crippen MR) is 78.0 cm³/mol. The van der Waals surface area contributed by atoms with Crippen molar-refractivity contribution in [2.45, 2.75) is 0 Å². The summed E-state index contributed by atoms with van der Waals surface area (Å²) >= 11 is 0. The van der Waals surface area contributed by atoms with Gasteiger partial charge in [0.15, 0.2) is 11.3 Å². The average Bonchev–Trinajstić information content (AvgIpc) is 2.52. The molecule has 0 N–H and O–H groups in total. The third-order valence-electron chi connectivity index (χ3n) is 3.76. The Hall–Kier alpha value is -3.04.